The number of hydrogen-bond donors (Lipinski definition) is 1. The molecular formula is C24H33N3O2. The zero-order chi connectivity index (χ0) is 21.3. The molecule has 0 aliphatic heterocycles. The van der Waals surface area contributed by atoms with Gasteiger partial charge in [-0.2, -0.15) is 0 Å². The molecule has 156 valence electrons. The van der Waals surface area contributed by atoms with Gasteiger partial charge in [-0.05, 0) is 70.3 Å². The number of phenols is 1. The molecule has 3 aromatic rings. The molecule has 1 heterocycles. The maximum absolute atomic E-state index is 13.0. The quantitative estimate of drug-likeness (QED) is 0.441. The number of unbranched alkanes of at least 4 members (excludes halogenated alkanes) is 1. The molecule has 29 heavy (non-hydrogen) atoms. The van der Waals surface area contributed by atoms with Crippen molar-refractivity contribution in [3.63, 3.8) is 0 Å². The van der Waals surface area contributed by atoms with Gasteiger partial charge in [0.05, 0.1) is 5.10 Å². The summed E-state index contributed by atoms with van der Waals surface area (Å²) in [5, 5.41) is 28.6. The van der Waals surface area contributed by atoms with Crippen LogP contribution in [0.5, 0.6) is 5.75 Å². The summed E-state index contributed by atoms with van der Waals surface area (Å²) in [5.74, 6) is 0.317. The van der Waals surface area contributed by atoms with E-state index in [9.17, 15) is 10.3 Å². The predicted octanol–water partition coefficient (Wildman–Crippen LogP) is 5.52. The molecule has 0 saturated carbocycles. The highest BCUT2D eigenvalue weighted by atomic mass is 16.5. The van der Waals surface area contributed by atoms with Gasteiger partial charge in [-0.25, -0.2) is 0 Å². The van der Waals surface area contributed by atoms with E-state index in [1.807, 2.05) is 24.3 Å². The van der Waals surface area contributed by atoms with Crippen molar-refractivity contribution in [2.75, 3.05) is 0 Å². The molecule has 2 aromatic carbocycles. The second-order valence-corrected chi connectivity index (χ2v) is 9.08. The van der Waals surface area contributed by atoms with Crippen molar-refractivity contribution >= 4 is 11.0 Å². The molecule has 5 nitrogen and oxygen atoms in total. The predicted molar refractivity (Wildman–Crippen MR) is 118 cm³/mol. The van der Waals surface area contributed by atoms with Gasteiger partial charge in [-0.3, -0.25) is 0 Å². The van der Waals surface area contributed by atoms with Gasteiger partial charge >= 0.3 is 0 Å². The third-order valence-electron chi connectivity index (χ3n) is 5.78. The van der Waals surface area contributed by atoms with Crippen LogP contribution in [0.4, 0.5) is 0 Å². The standard InChI is InChI=1S/C24H33N3O2/c1-7-9-10-17-11-12-21-20(13-17)25-26(27(21)29)22-15-18(24(4,5)6)14-19(23(22)28)16(3)8-2/h11-16,28H,7-10H2,1-6H3. The number of hydrogen-bond acceptors (Lipinski definition) is 3. The lowest BCUT2D eigenvalue weighted by molar-refractivity contribution is -0.664. The van der Waals surface area contributed by atoms with E-state index in [0.29, 0.717) is 16.7 Å². The number of rotatable bonds is 6. The number of aromatic nitrogens is 3. The smallest absolute Gasteiger partial charge is 0.250 e. The molecule has 5 heteroatoms. The van der Waals surface area contributed by atoms with Crippen molar-refractivity contribution in [1.29, 1.82) is 0 Å². The third kappa shape index (κ3) is 4.09. The lowest BCUT2D eigenvalue weighted by Crippen LogP contribution is -2.37. The molecule has 1 atom stereocenters. The van der Waals surface area contributed by atoms with E-state index < -0.39 is 0 Å². The number of aryl methyl sites for hydroxylation is 1. The fourth-order valence-corrected chi connectivity index (χ4v) is 3.57. The lowest BCUT2D eigenvalue weighted by Gasteiger charge is -2.23. The van der Waals surface area contributed by atoms with Crippen LogP contribution in [-0.4, -0.2) is 15.0 Å². The summed E-state index contributed by atoms with van der Waals surface area (Å²) in [4.78, 5) is 2.07. The lowest BCUT2D eigenvalue weighted by atomic mass is 9.83. The maximum atomic E-state index is 13.0. The highest BCUT2D eigenvalue weighted by molar-refractivity contribution is 5.72. The van der Waals surface area contributed by atoms with E-state index in [1.54, 1.807) is 0 Å². The molecule has 0 spiro atoms. The fourth-order valence-electron chi connectivity index (χ4n) is 3.57. The topological polar surface area (TPSA) is 65.0 Å². The van der Waals surface area contributed by atoms with Crippen LogP contribution in [0.3, 0.4) is 0 Å². The van der Waals surface area contributed by atoms with Crippen molar-refractivity contribution < 1.29 is 9.95 Å². The largest absolute Gasteiger partial charge is 0.692 e. The van der Waals surface area contributed by atoms with Gasteiger partial charge in [0.1, 0.15) is 0 Å². The van der Waals surface area contributed by atoms with Gasteiger partial charge in [0, 0.05) is 0 Å². The van der Waals surface area contributed by atoms with Gasteiger partial charge in [-0.15, -0.1) is 4.85 Å². The monoisotopic (exact) mass is 395 g/mol. The molecule has 3 rings (SSSR count). The first-order valence-corrected chi connectivity index (χ1v) is 10.7. The Morgan fingerprint density at radius 2 is 1.90 bits per heavy atom. The van der Waals surface area contributed by atoms with E-state index in [-0.39, 0.29) is 17.1 Å². The molecule has 0 radical (unpaired) electrons. The van der Waals surface area contributed by atoms with Crippen molar-refractivity contribution in [3.8, 4) is 11.4 Å². The Bertz CT molecular complexity index is 1020. The number of phenolic OH excluding ortho intramolecular Hbond substituents is 1. The van der Waals surface area contributed by atoms with E-state index >= 15 is 0 Å². The molecule has 0 saturated heterocycles. The Morgan fingerprint density at radius 1 is 1.17 bits per heavy atom. The van der Waals surface area contributed by atoms with Gasteiger partial charge < -0.3 is 10.3 Å². The zero-order valence-electron chi connectivity index (χ0n) is 18.5. The summed E-state index contributed by atoms with van der Waals surface area (Å²) in [6, 6.07) is 9.76. The first-order chi connectivity index (χ1) is 13.7. The summed E-state index contributed by atoms with van der Waals surface area (Å²) >= 11 is 0. The van der Waals surface area contributed by atoms with E-state index in [4.69, 9.17) is 0 Å². The second-order valence-electron chi connectivity index (χ2n) is 9.08. The van der Waals surface area contributed by atoms with Crippen LogP contribution in [0.1, 0.15) is 83.4 Å². The molecule has 0 fully saturated rings. The van der Waals surface area contributed by atoms with Gasteiger partial charge in [0.25, 0.3) is 5.52 Å². The van der Waals surface area contributed by atoms with Crippen LogP contribution in [0, 0.1) is 5.21 Å². The Morgan fingerprint density at radius 3 is 2.52 bits per heavy atom. The summed E-state index contributed by atoms with van der Waals surface area (Å²) in [6.45, 7) is 12.8. The number of nitrogens with zero attached hydrogens (tertiary/aromatic N) is 3. The highest BCUT2D eigenvalue weighted by Crippen LogP contribution is 2.37. The zero-order valence-corrected chi connectivity index (χ0v) is 18.5. The van der Waals surface area contributed by atoms with Crippen LogP contribution in [0.15, 0.2) is 30.3 Å². The number of aromatic hydroxyl groups is 1. The SMILES string of the molecule is CCCCc1ccc2c(c1)nn(-c1cc(C(C)(C)C)cc(C(C)CC)c1O)[n+]2[O-]. The third-order valence-corrected chi connectivity index (χ3v) is 5.78. The maximum Gasteiger partial charge on any atom is 0.250 e. The minimum absolute atomic E-state index is 0.113. The van der Waals surface area contributed by atoms with Crippen LogP contribution < -0.4 is 4.85 Å². The van der Waals surface area contributed by atoms with E-state index in [1.165, 1.54) is 10.4 Å². The van der Waals surface area contributed by atoms with Crippen molar-refractivity contribution in [2.24, 2.45) is 0 Å². The molecule has 1 N–H and O–H groups in total. The molecule has 0 bridgehead atoms. The number of fused-ring (bicyclic) bond motifs is 1. The molecule has 0 amide bonds. The summed E-state index contributed by atoms with van der Waals surface area (Å²) < 4.78 is 0. The minimum Gasteiger partial charge on any atom is -0.692 e. The minimum atomic E-state index is -0.113. The van der Waals surface area contributed by atoms with Crippen molar-refractivity contribution in [1.82, 2.24) is 9.90 Å². The van der Waals surface area contributed by atoms with E-state index in [2.05, 4.69) is 52.7 Å². The molecule has 0 aliphatic rings. The molecule has 1 unspecified atom stereocenters. The van der Waals surface area contributed by atoms with Crippen LogP contribution in [0.2, 0.25) is 0 Å². The second kappa shape index (κ2) is 8.05. The summed E-state index contributed by atoms with van der Waals surface area (Å²) in [6.07, 6.45) is 4.11. The molecule has 0 aliphatic carbocycles. The Labute approximate surface area is 173 Å². The normalized spacial score (nSPS) is 13.2. The fraction of sp³-hybridized carbons (Fsp3) is 0.500. The highest BCUT2D eigenvalue weighted by Gasteiger charge is 2.26. The van der Waals surface area contributed by atoms with Crippen LogP contribution >= 0.6 is 0 Å². The van der Waals surface area contributed by atoms with Crippen LogP contribution in [-0.2, 0) is 11.8 Å². The average molecular weight is 396 g/mol. The van der Waals surface area contributed by atoms with Gasteiger partial charge in [-0.1, -0.05) is 60.1 Å². The Kier molecular flexibility index (Phi) is 5.87. The molecular weight excluding hydrogens is 362 g/mol. The molecule has 1 aromatic heterocycles. The first kappa shape index (κ1) is 21.2. The Balaban J connectivity index is 2.21. The van der Waals surface area contributed by atoms with Gasteiger partial charge in [0.15, 0.2) is 11.4 Å². The van der Waals surface area contributed by atoms with Crippen LogP contribution in [0.25, 0.3) is 16.7 Å². The van der Waals surface area contributed by atoms with Crippen molar-refractivity contribution in [3.05, 3.63) is 52.2 Å². The Hall–Kier alpha value is -2.56. The average Bonchev–Trinajstić information content (AvgIpc) is 3.00. The van der Waals surface area contributed by atoms with Gasteiger partial charge in [0.2, 0.25) is 5.52 Å². The first-order valence-electron chi connectivity index (χ1n) is 10.7. The summed E-state index contributed by atoms with van der Waals surface area (Å²) in [5.41, 5.74) is 4.60. The van der Waals surface area contributed by atoms with Crippen molar-refractivity contribution in [2.45, 2.75) is 78.6 Å². The summed E-state index contributed by atoms with van der Waals surface area (Å²) in [7, 11) is 0. The number of benzene rings is 2. The van der Waals surface area contributed by atoms with E-state index in [0.717, 1.165) is 41.7 Å².